The summed E-state index contributed by atoms with van der Waals surface area (Å²) in [6.07, 6.45) is 2.08. The number of halogens is 2. The summed E-state index contributed by atoms with van der Waals surface area (Å²) in [5.74, 6) is 1.24. The van der Waals surface area contributed by atoms with Gasteiger partial charge in [0, 0.05) is 23.1 Å². The topological polar surface area (TPSA) is 110 Å². The quantitative estimate of drug-likeness (QED) is 0.533. The van der Waals surface area contributed by atoms with Crippen molar-refractivity contribution >= 4 is 47.7 Å². The maximum Gasteiger partial charge on any atom is 0.224 e. The molecule has 0 saturated heterocycles. The minimum absolute atomic E-state index is 0. The minimum atomic E-state index is 0. The number of amides is 1. The lowest BCUT2D eigenvalue weighted by atomic mass is 10.1. The zero-order chi connectivity index (χ0) is 17.6. The van der Waals surface area contributed by atoms with Crippen molar-refractivity contribution in [3.63, 3.8) is 0 Å². The number of benzene rings is 1. The Hall–Kier alpha value is -2.00. The Morgan fingerprint density at radius 1 is 1.22 bits per heavy atom. The van der Waals surface area contributed by atoms with Gasteiger partial charge in [0.25, 0.3) is 0 Å². The molecule has 10 heteroatoms. The van der Waals surface area contributed by atoms with Crippen LogP contribution < -0.4 is 11.1 Å². The summed E-state index contributed by atoms with van der Waals surface area (Å²) < 4.78 is 0. The highest BCUT2D eigenvalue weighted by Crippen LogP contribution is 2.18. The van der Waals surface area contributed by atoms with E-state index >= 15 is 0 Å². The van der Waals surface area contributed by atoms with Gasteiger partial charge >= 0.3 is 0 Å². The van der Waals surface area contributed by atoms with E-state index in [1.54, 1.807) is 11.3 Å². The van der Waals surface area contributed by atoms with Crippen molar-refractivity contribution in [3.8, 4) is 11.4 Å². The van der Waals surface area contributed by atoms with E-state index in [0.717, 1.165) is 34.8 Å². The van der Waals surface area contributed by atoms with Crippen molar-refractivity contribution < 1.29 is 4.79 Å². The fourth-order valence-electron chi connectivity index (χ4n) is 2.39. The van der Waals surface area contributed by atoms with Crippen molar-refractivity contribution in [2.24, 2.45) is 5.73 Å². The predicted molar refractivity (Wildman–Crippen MR) is 113 cm³/mol. The first kappa shape index (κ1) is 23.0. The maximum atomic E-state index is 12.0. The smallest absolute Gasteiger partial charge is 0.224 e. The van der Waals surface area contributed by atoms with Crippen LogP contribution in [-0.4, -0.2) is 26.1 Å². The molecule has 0 fully saturated rings. The number of aryl methyl sites for hydroxylation is 2. The summed E-state index contributed by atoms with van der Waals surface area (Å²) in [4.78, 5) is 20.7. The van der Waals surface area contributed by atoms with Crippen LogP contribution in [0.3, 0.4) is 0 Å². The van der Waals surface area contributed by atoms with Crippen LogP contribution in [0.5, 0.6) is 0 Å². The third kappa shape index (κ3) is 6.59. The lowest BCUT2D eigenvalue weighted by molar-refractivity contribution is -0.116. The number of thiazole rings is 1. The zero-order valence-corrected chi connectivity index (χ0v) is 17.2. The number of nitrogens with zero attached hydrogens (tertiary/aromatic N) is 3. The molecule has 2 aromatic heterocycles. The number of nitrogens with one attached hydrogen (secondary N) is 2. The van der Waals surface area contributed by atoms with Crippen LogP contribution in [-0.2, 0) is 17.8 Å². The lowest BCUT2D eigenvalue weighted by Gasteiger charge is -2.05. The van der Waals surface area contributed by atoms with E-state index < -0.39 is 0 Å². The summed E-state index contributed by atoms with van der Waals surface area (Å²) in [6.45, 7) is 2.31. The predicted octanol–water partition coefficient (Wildman–Crippen LogP) is 3.50. The highest BCUT2D eigenvalue weighted by Gasteiger charge is 2.07. The molecule has 0 bridgehead atoms. The van der Waals surface area contributed by atoms with E-state index in [2.05, 4.69) is 25.5 Å². The molecule has 0 aliphatic rings. The fourth-order valence-corrected chi connectivity index (χ4v) is 3.04. The van der Waals surface area contributed by atoms with E-state index in [9.17, 15) is 4.79 Å². The summed E-state index contributed by atoms with van der Waals surface area (Å²) in [7, 11) is 0. The maximum absolute atomic E-state index is 12.0. The van der Waals surface area contributed by atoms with Crippen molar-refractivity contribution in [1.29, 1.82) is 0 Å². The van der Waals surface area contributed by atoms with E-state index in [1.807, 2.05) is 36.6 Å². The average molecular weight is 429 g/mol. The molecule has 27 heavy (non-hydrogen) atoms. The molecule has 0 spiro atoms. The molecule has 0 aliphatic heterocycles. The number of rotatable bonds is 7. The third-order valence-electron chi connectivity index (χ3n) is 3.66. The van der Waals surface area contributed by atoms with Gasteiger partial charge in [-0.15, -0.1) is 36.2 Å². The fraction of sp³-hybridized carbons (Fsp3) is 0.294. The molecule has 1 aromatic carbocycles. The molecule has 146 valence electrons. The summed E-state index contributed by atoms with van der Waals surface area (Å²) in [5.41, 5.74) is 8.20. The first-order valence-electron chi connectivity index (χ1n) is 8.06. The van der Waals surface area contributed by atoms with E-state index in [1.165, 1.54) is 0 Å². The Morgan fingerprint density at radius 3 is 2.56 bits per heavy atom. The van der Waals surface area contributed by atoms with Gasteiger partial charge in [-0.05, 0) is 44.0 Å². The normalized spacial score (nSPS) is 10.0. The number of hydrogen-bond donors (Lipinski definition) is 3. The second kappa shape index (κ2) is 11.0. The number of carbonyl (C=O) groups excluding carboxylic acids is 1. The van der Waals surface area contributed by atoms with Crippen molar-refractivity contribution in [2.75, 3.05) is 5.32 Å². The molecule has 0 aliphatic carbocycles. The van der Waals surface area contributed by atoms with Crippen LogP contribution in [0, 0.1) is 6.92 Å². The standard InChI is InChI=1S/C17H20N6OS.2ClH/c1-11-19-14(10-25-11)3-2-4-16(24)20-13-7-5-12(6-8-13)17-21-15(9-18)22-23-17;;/h5-8,10H,2-4,9,18H2,1H3,(H,20,24)(H,21,22,23);2*1H. The Labute approximate surface area is 174 Å². The van der Waals surface area contributed by atoms with E-state index in [0.29, 0.717) is 24.6 Å². The number of carbonyl (C=O) groups is 1. The molecule has 3 aromatic rings. The van der Waals surface area contributed by atoms with Gasteiger partial charge in [-0.25, -0.2) is 9.97 Å². The molecular formula is C17H22Cl2N6OS. The molecular weight excluding hydrogens is 407 g/mol. The SMILES string of the molecule is Cc1nc(CCCC(=O)Nc2ccc(-c3n[nH]c(CN)n3)cc2)cs1.Cl.Cl. The zero-order valence-electron chi connectivity index (χ0n) is 14.8. The number of hydrogen-bond acceptors (Lipinski definition) is 6. The van der Waals surface area contributed by atoms with Gasteiger partial charge in [0.05, 0.1) is 17.2 Å². The second-order valence-electron chi connectivity index (χ2n) is 5.65. The van der Waals surface area contributed by atoms with Crippen molar-refractivity contribution in [2.45, 2.75) is 32.7 Å². The Kier molecular flexibility index (Phi) is 9.37. The molecule has 0 atom stereocenters. The Balaban J connectivity index is 0.00000182. The van der Waals surface area contributed by atoms with Crippen molar-refractivity contribution in [3.05, 3.63) is 46.2 Å². The largest absolute Gasteiger partial charge is 0.326 e. The minimum Gasteiger partial charge on any atom is -0.326 e. The second-order valence-corrected chi connectivity index (χ2v) is 6.71. The van der Waals surface area contributed by atoms with Gasteiger partial charge in [-0.1, -0.05) is 0 Å². The average Bonchev–Trinajstić information content (AvgIpc) is 3.24. The Morgan fingerprint density at radius 2 is 1.96 bits per heavy atom. The number of anilines is 1. The van der Waals surface area contributed by atoms with E-state index in [-0.39, 0.29) is 30.7 Å². The van der Waals surface area contributed by atoms with Gasteiger partial charge in [0.15, 0.2) is 5.82 Å². The molecule has 2 heterocycles. The number of nitrogens with two attached hydrogens (primary N) is 1. The van der Waals surface area contributed by atoms with Crippen molar-refractivity contribution in [1.82, 2.24) is 20.2 Å². The van der Waals surface area contributed by atoms with Gasteiger partial charge in [0.1, 0.15) is 5.82 Å². The van der Waals surface area contributed by atoms with Gasteiger partial charge < -0.3 is 11.1 Å². The monoisotopic (exact) mass is 428 g/mol. The summed E-state index contributed by atoms with van der Waals surface area (Å²) >= 11 is 1.64. The Bertz CT molecular complexity index is 849. The van der Waals surface area contributed by atoms with Crippen LogP contribution >= 0.6 is 36.2 Å². The molecule has 1 amide bonds. The lowest BCUT2D eigenvalue weighted by Crippen LogP contribution is -2.11. The van der Waals surface area contributed by atoms with Crippen LogP contribution in [0.2, 0.25) is 0 Å². The van der Waals surface area contributed by atoms with Gasteiger partial charge in [-0.2, -0.15) is 5.10 Å². The molecule has 0 saturated carbocycles. The van der Waals surface area contributed by atoms with Crippen LogP contribution in [0.4, 0.5) is 5.69 Å². The molecule has 7 nitrogen and oxygen atoms in total. The molecule has 4 N–H and O–H groups in total. The van der Waals surface area contributed by atoms with Crippen LogP contribution in [0.25, 0.3) is 11.4 Å². The summed E-state index contributed by atoms with van der Waals surface area (Å²) in [6, 6.07) is 7.43. The molecule has 0 radical (unpaired) electrons. The van der Waals surface area contributed by atoms with Crippen LogP contribution in [0.15, 0.2) is 29.6 Å². The number of aromatic amines is 1. The van der Waals surface area contributed by atoms with E-state index in [4.69, 9.17) is 5.73 Å². The first-order chi connectivity index (χ1) is 12.1. The van der Waals surface area contributed by atoms with Gasteiger partial charge in [-0.3, -0.25) is 9.89 Å². The first-order valence-corrected chi connectivity index (χ1v) is 8.94. The highest BCUT2D eigenvalue weighted by molar-refractivity contribution is 7.09. The molecule has 0 unspecified atom stereocenters. The highest BCUT2D eigenvalue weighted by atomic mass is 35.5. The van der Waals surface area contributed by atoms with Crippen LogP contribution in [0.1, 0.15) is 29.4 Å². The van der Waals surface area contributed by atoms with Gasteiger partial charge in [0.2, 0.25) is 5.91 Å². The number of H-pyrrole nitrogens is 1. The number of aromatic nitrogens is 4. The molecule has 3 rings (SSSR count). The summed E-state index contributed by atoms with van der Waals surface area (Å²) in [5, 5.41) is 12.9. The third-order valence-corrected chi connectivity index (χ3v) is 4.48.